The molecule has 108 valence electrons. The third kappa shape index (κ3) is 2.00. The van der Waals surface area contributed by atoms with Crippen molar-refractivity contribution in [1.82, 2.24) is 4.98 Å². The molecule has 0 spiro atoms. The van der Waals surface area contributed by atoms with Crippen molar-refractivity contribution >= 4 is 43.7 Å². The number of rotatable bonds is 0. The lowest BCUT2D eigenvalue weighted by atomic mass is 10.1. The first kappa shape index (κ1) is 12.4. The Morgan fingerprint density at radius 2 is 1.22 bits per heavy atom. The molecule has 0 aliphatic rings. The van der Waals surface area contributed by atoms with E-state index in [-0.39, 0.29) is 0 Å². The van der Waals surface area contributed by atoms with Gasteiger partial charge in [-0.15, -0.1) is 0 Å². The first-order valence-corrected chi connectivity index (χ1v) is 7.65. The summed E-state index contributed by atoms with van der Waals surface area (Å²) in [4.78, 5) is 4.74. The summed E-state index contributed by atoms with van der Waals surface area (Å²) in [7, 11) is 0. The molecule has 23 heavy (non-hydrogen) atoms. The van der Waals surface area contributed by atoms with Crippen LogP contribution in [0.1, 0.15) is 0 Å². The summed E-state index contributed by atoms with van der Waals surface area (Å²) >= 11 is 0. The zero-order chi connectivity index (χ0) is 15.2. The summed E-state index contributed by atoms with van der Waals surface area (Å²) in [5, 5.41) is 5.59. The van der Waals surface area contributed by atoms with Gasteiger partial charge < -0.3 is 4.42 Å². The molecular weight excluding hydrogens is 282 g/mol. The van der Waals surface area contributed by atoms with Crippen LogP contribution in [0.2, 0.25) is 0 Å². The van der Waals surface area contributed by atoms with Gasteiger partial charge in [0, 0.05) is 10.8 Å². The van der Waals surface area contributed by atoms with E-state index in [4.69, 9.17) is 9.40 Å². The molecule has 5 heterocycles. The Hall–Kier alpha value is -3.13. The van der Waals surface area contributed by atoms with Crippen LogP contribution >= 0.6 is 0 Å². The van der Waals surface area contributed by atoms with E-state index >= 15 is 0 Å². The summed E-state index contributed by atoms with van der Waals surface area (Å²) in [6.07, 6.45) is 0. The first-order valence-electron chi connectivity index (χ1n) is 7.65. The summed E-state index contributed by atoms with van der Waals surface area (Å²) in [6, 6.07) is 27.1. The standard InChI is InChI=1S/C21H13NO/c1-2-18-16-10-6-14(7-11-16)4-5-15-8-12-17(13-9-15)21-22-20(18)19(3-1)23-21/h1-13H. The quantitative estimate of drug-likeness (QED) is 0.358. The average molecular weight is 295 g/mol. The normalized spacial score (nSPS) is 11.5. The molecule has 0 atom stereocenters. The van der Waals surface area contributed by atoms with Gasteiger partial charge in [-0.1, -0.05) is 60.7 Å². The van der Waals surface area contributed by atoms with E-state index in [2.05, 4.69) is 66.7 Å². The molecule has 0 saturated heterocycles. The molecule has 0 aliphatic carbocycles. The predicted molar refractivity (Wildman–Crippen MR) is 95.3 cm³/mol. The zero-order valence-electron chi connectivity index (χ0n) is 12.4. The molecule has 6 bridgehead atoms. The van der Waals surface area contributed by atoms with Crippen LogP contribution in [0.25, 0.3) is 43.7 Å². The Morgan fingerprint density at radius 3 is 1.91 bits per heavy atom. The molecule has 0 amide bonds. The minimum Gasteiger partial charge on any atom is -0.436 e. The Kier molecular flexibility index (Phi) is 2.53. The highest BCUT2D eigenvalue weighted by atomic mass is 16.3. The lowest BCUT2D eigenvalue weighted by Gasteiger charge is -1.95. The van der Waals surface area contributed by atoms with Gasteiger partial charge in [-0.2, -0.15) is 0 Å². The summed E-state index contributed by atoms with van der Waals surface area (Å²) in [6.45, 7) is 0. The molecule has 0 radical (unpaired) electrons. The topological polar surface area (TPSA) is 26.0 Å². The van der Waals surface area contributed by atoms with Gasteiger partial charge in [0.05, 0.1) is 0 Å². The van der Waals surface area contributed by atoms with Gasteiger partial charge in [0.2, 0.25) is 5.71 Å². The van der Waals surface area contributed by atoms with E-state index < -0.39 is 0 Å². The Labute approximate surface area is 132 Å². The van der Waals surface area contributed by atoms with Crippen LogP contribution in [0.5, 0.6) is 0 Å². The largest absolute Gasteiger partial charge is 0.436 e. The predicted octanol–water partition coefficient (Wildman–Crippen LogP) is 5.85. The van der Waals surface area contributed by atoms with Gasteiger partial charge in [-0.3, -0.25) is 0 Å². The SMILES string of the molecule is c1cc2oc3nc2c(c1)c1ccc(ccc2ccc3cc2)cc1. The molecule has 3 aromatic carbocycles. The second-order valence-corrected chi connectivity index (χ2v) is 5.75. The van der Waals surface area contributed by atoms with Crippen LogP contribution in [-0.4, -0.2) is 4.98 Å². The molecule has 0 unspecified atom stereocenters. The van der Waals surface area contributed by atoms with Gasteiger partial charge >= 0.3 is 0 Å². The van der Waals surface area contributed by atoms with Crippen LogP contribution in [0.4, 0.5) is 0 Å². The molecule has 8 rings (SSSR count). The molecule has 0 fully saturated rings. The molecule has 5 aromatic heterocycles. The smallest absolute Gasteiger partial charge is 0.227 e. The van der Waals surface area contributed by atoms with Crippen molar-refractivity contribution in [3.63, 3.8) is 0 Å². The van der Waals surface area contributed by atoms with Crippen LogP contribution in [0.3, 0.4) is 0 Å². The fourth-order valence-corrected chi connectivity index (χ4v) is 3.01. The van der Waals surface area contributed by atoms with Crippen LogP contribution in [-0.2, 0) is 0 Å². The number of oxazole rings is 1. The van der Waals surface area contributed by atoms with Gasteiger partial charge in [-0.05, 0) is 34.4 Å². The lowest BCUT2D eigenvalue weighted by Crippen LogP contribution is -1.74. The number of hydrogen-bond donors (Lipinski definition) is 0. The number of nitrogens with zero attached hydrogens (tertiary/aromatic N) is 1. The second-order valence-electron chi connectivity index (χ2n) is 5.75. The molecule has 2 nitrogen and oxygen atoms in total. The van der Waals surface area contributed by atoms with Crippen molar-refractivity contribution in [3.05, 3.63) is 78.9 Å². The minimum atomic E-state index is 0.664. The van der Waals surface area contributed by atoms with Crippen LogP contribution in [0.15, 0.2) is 83.3 Å². The van der Waals surface area contributed by atoms with Crippen LogP contribution in [0, 0.1) is 0 Å². The number of para-hydroxylation sites is 1. The van der Waals surface area contributed by atoms with E-state index in [9.17, 15) is 0 Å². The molecule has 2 heteroatoms. The van der Waals surface area contributed by atoms with Crippen molar-refractivity contribution < 1.29 is 4.42 Å². The lowest BCUT2D eigenvalue weighted by molar-refractivity contribution is 0.663. The third-order valence-corrected chi connectivity index (χ3v) is 4.27. The second kappa shape index (κ2) is 4.68. The van der Waals surface area contributed by atoms with Gasteiger partial charge in [-0.25, -0.2) is 4.98 Å². The summed E-state index contributed by atoms with van der Waals surface area (Å²) < 4.78 is 5.97. The highest BCUT2D eigenvalue weighted by molar-refractivity contribution is 6.03. The maximum Gasteiger partial charge on any atom is 0.227 e. The van der Waals surface area contributed by atoms with Crippen molar-refractivity contribution in [2.45, 2.75) is 0 Å². The first-order chi connectivity index (χ1) is 11.4. The van der Waals surface area contributed by atoms with E-state index in [0.29, 0.717) is 5.71 Å². The zero-order valence-corrected chi connectivity index (χ0v) is 12.4. The molecule has 0 N–H and O–H groups in total. The highest BCUT2D eigenvalue weighted by Crippen LogP contribution is 2.26. The number of aromatic nitrogens is 1. The molecule has 0 aliphatic heterocycles. The Morgan fingerprint density at radius 1 is 0.609 bits per heavy atom. The third-order valence-electron chi connectivity index (χ3n) is 4.27. The molecular formula is C21H13NO. The van der Waals surface area contributed by atoms with Crippen molar-refractivity contribution in [1.29, 1.82) is 0 Å². The fraction of sp³-hybridized carbons (Fsp3) is 0. The summed E-state index contributed by atoms with van der Waals surface area (Å²) in [5.41, 5.74) is 2.39. The summed E-state index contributed by atoms with van der Waals surface area (Å²) in [5.74, 6) is 0. The Balaban J connectivity index is 2.09. The molecule has 8 aromatic rings. The van der Waals surface area contributed by atoms with E-state index in [1.165, 1.54) is 5.39 Å². The fourth-order valence-electron chi connectivity index (χ4n) is 3.01. The van der Waals surface area contributed by atoms with E-state index in [1.54, 1.807) is 0 Å². The van der Waals surface area contributed by atoms with E-state index in [1.807, 2.05) is 12.1 Å². The van der Waals surface area contributed by atoms with Gasteiger partial charge in [0.25, 0.3) is 0 Å². The maximum absolute atomic E-state index is 5.97. The maximum atomic E-state index is 5.97. The van der Waals surface area contributed by atoms with Gasteiger partial charge in [0.15, 0.2) is 5.58 Å². The molecule has 0 saturated carbocycles. The minimum absolute atomic E-state index is 0.664. The number of hydrogen-bond acceptors (Lipinski definition) is 2. The highest BCUT2D eigenvalue weighted by Gasteiger charge is 2.06. The monoisotopic (exact) mass is 295 g/mol. The van der Waals surface area contributed by atoms with Crippen molar-refractivity contribution in [2.24, 2.45) is 0 Å². The van der Waals surface area contributed by atoms with Crippen molar-refractivity contribution in [3.8, 4) is 0 Å². The van der Waals surface area contributed by atoms with E-state index in [0.717, 1.165) is 32.6 Å². The number of benzene rings is 3. The van der Waals surface area contributed by atoms with Crippen molar-refractivity contribution in [2.75, 3.05) is 0 Å². The van der Waals surface area contributed by atoms with Gasteiger partial charge in [0.1, 0.15) is 5.52 Å². The van der Waals surface area contributed by atoms with Crippen LogP contribution < -0.4 is 0 Å². The average Bonchev–Trinajstić information content (AvgIpc) is 3.05. The Bertz CT molecular complexity index is 1180.